The van der Waals surface area contributed by atoms with Crippen molar-refractivity contribution in [2.45, 2.75) is 38.4 Å². The van der Waals surface area contributed by atoms with Gasteiger partial charge in [-0.15, -0.1) is 0 Å². The predicted octanol–water partition coefficient (Wildman–Crippen LogP) is 1.61. The first kappa shape index (κ1) is 15.3. The van der Waals surface area contributed by atoms with Crippen LogP contribution in [-0.2, 0) is 13.6 Å². The highest BCUT2D eigenvalue weighted by atomic mass is 16.2. The SMILES string of the molecule is Cc1cccc(C(=O)N2CC[C@H]3[C@H]2CCN3Cc2cnn(C)c2)n1. The maximum absolute atomic E-state index is 12.8. The highest BCUT2D eigenvalue weighted by molar-refractivity contribution is 5.92. The van der Waals surface area contributed by atoms with E-state index in [2.05, 4.69) is 21.2 Å². The molecule has 6 heteroatoms. The molecule has 0 radical (unpaired) electrons. The number of carbonyl (C=O) groups is 1. The summed E-state index contributed by atoms with van der Waals surface area (Å²) in [7, 11) is 1.95. The molecule has 2 aliphatic heterocycles. The zero-order valence-electron chi connectivity index (χ0n) is 14.2. The van der Waals surface area contributed by atoms with Gasteiger partial charge in [-0.2, -0.15) is 5.10 Å². The molecule has 6 nitrogen and oxygen atoms in total. The number of rotatable bonds is 3. The van der Waals surface area contributed by atoms with Crippen LogP contribution in [0, 0.1) is 6.92 Å². The first-order valence-electron chi connectivity index (χ1n) is 8.58. The van der Waals surface area contributed by atoms with Gasteiger partial charge in [0, 0.05) is 56.2 Å². The van der Waals surface area contributed by atoms with Crippen LogP contribution in [0.25, 0.3) is 0 Å². The Morgan fingerprint density at radius 3 is 2.83 bits per heavy atom. The third-order valence-electron chi connectivity index (χ3n) is 5.20. The summed E-state index contributed by atoms with van der Waals surface area (Å²) in [6.45, 7) is 4.71. The second kappa shape index (κ2) is 6.02. The summed E-state index contributed by atoms with van der Waals surface area (Å²) in [6, 6.07) is 6.43. The maximum atomic E-state index is 12.8. The van der Waals surface area contributed by atoms with Crippen LogP contribution >= 0.6 is 0 Å². The highest BCUT2D eigenvalue weighted by Crippen LogP contribution is 2.33. The van der Waals surface area contributed by atoms with Gasteiger partial charge < -0.3 is 4.90 Å². The van der Waals surface area contributed by atoms with E-state index in [1.807, 2.05) is 47.9 Å². The molecule has 2 aromatic rings. The van der Waals surface area contributed by atoms with Gasteiger partial charge in [-0.25, -0.2) is 4.98 Å². The van der Waals surface area contributed by atoms with Crippen molar-refractivity contribution in [2.24, 2.45) is 7.05 Å². The third-order valence-corrected chi connectivity index (χ3v) is 5.20. The molecule has 24 heavy (non-hydrogen) atoms. The van der Waals surface area contributed by atoms with Crippen molar-refractivity contribution >= 4 is 5.91 Å². The van der Waals surface area contributed by atoms with E-state index in [0.29, 0.717) is 17.8 Å². The summed E-state index contributed by atoms with van der Waals surface area (Å²) in [6.07, 6.45) is 6.09. The van der Waals surface area contributed by atoms with E-state index in [0.717, 1.165) is 38.2 Å². The highest BCUT2D eigenvalue weighted by Gasteiger charge is 2.44. The van der Waals surface area contributed by atoms with Crippen LogP contribution < -0.4 is 0 Å². The molecule has 2 saturated heterocycles. The van der Waals surface area contributed by atoms with Gasteiger partial charge in [0.1, 0.15) is 5.69 Å². The first-order chi connectivity index (χ1) is 11.6. The maximum Gasteiger partial charge on any atom is 0.272 e. The summed E-state index contributed by atoms with van der Waals surface area (Å²) < 4.78 is 1.84. The number of amides is 1. The lowest BCUT2D eigenvalue weighted by Crippen LogP contribution is -2.39. The van der Waals surface area contributed by atoms with Gasteiger partial charge >= 0.3 is 0 Å². The molecule has 1 amide bonds. The van der Waals surface area contributed by atoms with Crippen molar-refractivity contribution in [1.82, 2.24) is 24.6 Å². The van der Waals surface area contributed by atoms with Crippen LogP contribution in [0.2, 0.25) is 0 Å². The molecule has 2 aromatic heterocycles. The Kier molecular flexibility index (Phi) is 3.84. The molecule has 0 bridgehead atoms. The lowest BCUT2D eigenvalue weighted by atomic mass is 10.1. The van der Waals surface area contributed by atoms with E-state index >= 15 is 0 Å². The normalized spacial score (nSPS) is 23.7. The Hall–Kier alpha value is -2.21. The summed E-state index contributed by atoms with van der Waals surface area (Å²) in [4.78, 5) is 21.8. The fraction of sp³-hybridized carbons (Fsp3) is 0.500. The molecule has 0 saturated carbocycles. The van der Waals surface area contributed by atoms with Gasteiger partial charge in [0.15, 0.2) is 0 Å². The molecule has 126 valence electrons. The molecular weight excluding hydrogens is 302 g/mol. The van der Waals surface area contributed by atoms with E-state index in [4.69, 9.17) is 0 Å². The quantitative estimate of drug-likeness (QED) is 0.860. The first-order valence-corrected chi connectivity index (χ1v) is 8.58. The van der Waals surface area contributed by atoms with Gasteiger partial charge in [-0.3, -0.25) is 14.4 Å². The molecule has 2 fully saturated rings. The molecular formula is C18H23N5O. The molecule has 2 atom stereocenters. The monoisotopic (exact) mass is 325 g/mol. The number of aromatic nitrogens is 3. The lowest BCUT2D eigenvalue weighted by molar-refractivity contribution is 0.0725. The largest absolute Gasteiger partial charge is 0.333 e. The molecule has 4 rings (SSSR count). The van der Waals surface area contributed by atoms with Crippen molar-refractivity contribution in [1.29, 1.82) is 0 Å². The van der Waals surface area contributed by atoms with Gasteiger partial charge in [-0.05, 0) is 31.9 Å². The van der Waals surface area contributed by atoms with Crippen LogP contribution in [0.3, 0.4) is 0 Å². The fourth-order valence-electron chi connectivity index (χ4n) is 4.12. The van der Waals surface area contributed by atoms with Crippen LogP contribution in [0.15, 0.2) is 30.6 Å². The van der Waals surface area contributed by atoms with Crippen molar-refractivity contribution in [3.8, 4) is 0 Å². The fourth-order valence-corrected chi connectivity index (χ4v) is 4.12. The molecule has 2 aliphatic rings. The van der Waals surface area contributed by atoms with Gasteiger partial charge in [0.05, 0.1) is 6.20 Å². The van der Waals surface area contributed by atoms with Gasteiger partial charge in [0.25, 0.3) is 5.91 Å². The molecule has 0 N–H and O–H groups in total. The number of hydrogen-bond acceptors (Lipinski definition) is 4. The van der Waals surface area contributed by atoms with Crippen molar-refractivity contribution < 1.29 is 4.79 Å². The zero-order valence-corrected chi connectivity index (χ0v) is 14.2. The van der Waals surface area contributed by atoms with E-state index in [1.54, 1.807) is 0 Å². The average molecular weight is 325 g/mol. The molecule has 4 heterocycles. The number of aryl methyl sites for hydroxylation is 2. The smallest absolute Gasteiger partial charge is 0.272 e. The molecule has 0 spiro atoms. The number of fused-ring (bicyclic) bond motifs is 1. The Bertz CT molecular complexity index is 755. The minimum atomic E-state index is 0.0782. The van der Waals surface area contributed by atoms with E-state index in [-0.39, 0.29) is 5.91 Å². The Morgan fingerprint density at radius 1 is 1.25 bits per heavy atom. The van der Waals surface area contributed by atoms with Crippen LogP contribution in [0.4, 0.5) is 0 Å². The third kappa shape index (κ3) is 2.71. The zero-order chi connectivity index (χ0) is 16.7. The number of hydrogen-bond donors (Lipinski definition) is 0. The number of likely N-dealkylation sites (tertiary alicyclic amines) is 2. The second-order valence-corrected chi connectivity index (χ2v) is 6.87. The van der Waals surface area contributed by atoms with Crippen molar-refractivity contribution in [3.05, 3.63) is 47.5 Å². The lowest BCUT2D eigenvalue weighted by Gasteiger charge is -2.25. The van der Waals surface area contributed by atoms with E-state index in [1.165, 1.54) is 5.56 Å². The summed E-state index contributed by atoms with van der Waals surface area (Å²) in [5.41, 5.74) is 2.70. The topological polar surface area (TPSA) is 54.3 Å². The predicted molar refractivity (Wildman–Crippen MR) is 90.4 cm³/mol. The van der Waals surface area contributed by atoms with Gasteiger partial charge in [-0.1, -0.05) is 6.07 Å². The number of carbonyl (C=O) groups excluding carboxylic acids is 1. The molecule has 0 aliphatic carbocycles. The van der Waals surface area contributed by atoms with Gasteiger partial charge in [0.2, 0.25) is 0 Å². The van der Waals surface area contributed by atoms with E-state index in [9.17, 15) is 4.79 Å². The summed E-state index contributed by atoms with van der Waals surface area (Å²) >= 11 is 0. The Morgan fingerprint density at radius 2 is 2.08 bits per heavy atom. The summed E-state index contributed by atoms with van der Waals surface area (Å²) in [5, 5.41) is 4.25. The standard InChI is InChI=1S/C18H23N5O/c1-13-4-3-5-15(20-13)18(24)23-9-7-16-17(23)6-8-22(16)12-14-10-19-21(2)11-14/h3-5,10-11,16-17H,6-9,12H2,1-2H3/t16-,17+/m0/s1. The minimum Gasteiger partial charge on any atom is -0.333 e. The van der Waals surface area contributed by atoms with Crippen LogP contribution in [0.5, 0.6) is 0 Å². The van der Waals surface area contributed by atoms with Crippen molar-refractivity contribution in [3.63, 3.8) is 0 Å². The minimum absolute atomic E-state index is 0.0782. The second-order valence-electron chi connectivity index (χ2n) is 6.87. The number of nitrogens with zero attached hydrogens (tertiary/aromatic N) is 5. The van der Waals surface area contributed by atoms with Crippen LogP contribution in [0.1, 0.15) is 34.6 Å². The summed E-state index contributed by atoms with van der Waals surface area (Å²) in [5.74, 6) is 0.0782. The van der Waals surface area contributed by atoms with E-state index < -0.39 is 0 Å². The Labute approximate surface area is 142 Å². The van der Waals surface area contributed by atoms with Crippen LogP contribution in [-0.4, -0.2) is 55.6 Å². The molecule has 0 aromatic carbocycles. The average Bonchev–Trinajstić information content (AvgIpc) is 3.25. The van der Waals surface area contributed by atoms with Crippen molar-refractivity contribution in [2.75, 3.05) is 13.1 Å². The Balaban J connectivity index is 1.47. The number of pyridine rings is 1. The molecule has 0 unspecified atom stereocenters.